The number of ether oxygens (including phenoxy) is 2. The van der Waals surface area contributed by atoms with Gasteiger partial charge in [-0.2, -0.15) is 0 Å². The monoisotopic (exact) mass is 512 g/mol. The van der Waals surface area contributed by atoms with Gasteiger partial charge in [0.2, 0.25) is 0 Å². The number of hydrogen-bond acceptors (Lipinski definition) is 6. The molecule has 0 radical (unpaired) electrons. The average molecular weight is 513 g/mol. The van der Waals surface area contributed by atoms with E-state index >= 15 is 0 Å². The van der Waals surface area contributed by atoms with Crippen molar-refractivity contribution in [1.29, 1.82) is 0 Å². The second-order valence-electron chi connectivity index (χ2n) is 9.26. The van der Waals surface area contributed by atoms with Crippen molar-refractivity contribution in [3.63, 3.8) is 0 Å². The van der Waals surface area contributed by atoms with Gasteiger partial charge >= 0.3 is 0 Å². The van der Waals surface area contributed by atoms with E-state index in [4.69, 9.17) is 9.47 Å². The number of aliphatic hydroxyl groups is 1. The van der Waals surface area contributed by atoms with Gasteiger partial charge < -0.3 is 24.4 Å². The lowest BCUT2D eigenvalue weighted by Crippen LogP contribution is -2.32. The number of amides is 1. The number of carbonyl (C=O) groups excluding carboxylic acids is 2. The normalized spacial score (nSPS) is 16.6. The lowest BCUT2D eigenvalue weighted by molar-refractivity contribution is -0.139. The van der Waals surface area contributed by atoms with E-state index in [1.165, 1.54) is 0 Å². The first-order chi connectivity index (χ1) is 18.4. The minimum Gasteiger partial charge on any atom is -0.507 e. The van der Waals surface area contributed by atoms with E-state index in [2.05, 4.69) is 6.58 Å². The second kappa shape index (κ2) is 12.3. The number of benzene rings is 3. The maximum absolute atomic E-state index is 13.3. The molecule has 0 aromatic heterocycles. The fourth-order valence-corrected chi connectivity index (χ4v) is 4.41. The van der Waals surface area contributed by atoms with Crippen LogP contribution in [-0.4, -0.2) is 60.4 Å². The van der Waals surface area contributed by atoms with Crippen LogP contribution in [0.1, 0.15) is 23.6 Å². The molecule has 1 N–H and O–H groups in total. The Morgan fingerprint density at radius 2 is 1.68 bits per heavy atom. The van der Waals surface area contributed by atoms with Crippen molar-refractivity contribution in [2.75, 3.05) is 33.8 Å². The first kappa shape index (κ1) is 26.7. The van der Waals surface area contributed by atoms with Crippen molar-refractivity contribution in [3.05, 3.63) is 108 Å². The summed E-state index contributed by atoms with van der Waals surface area (Å²) in [6.45, 7) is 5.10. The quantitative estimate of drug-likeness (QED) is 0.160. The highest BCUT2D eigenvalue weighted by Gasteiger charge is 2.45. The SMILES string of the molecule is C=CCOc1ccc(/C(O)=C2\C(=O)C(=O)N(CCCN(C)C)C2c2cccc(Oc3ccccc3)c2)cc1. The summed E-state index contributed by atoms with van der Waals surface area (Å²) < 4.78 is 11.5. The zero-order chi connectivity index (χ0) is 27.1. The van der Waals surface area contributed by atoms with E-state index in [-0.39, 0.29) is 11.3 Å². The molecule has 0 bridgehead atoms. The summed E-state index contributed by atoms with van der Waals surface area (Å²) in [6, 6.07) is 22.6. The number of Topliss-reactive ketones (excluding diaryl/α,β-unsaturated/α-hetero) is 1. The van der Waals surface area contributed by atoms with Gasteiger partial charge in [-0.1, -0.05) is 43.0 Å². The summed E-state index contributed by atoms with van der Waals surface area (Å²) in [4.78, 5) is 30.1. The van der Waals surface area contributed by atoms with Gasteiger partial charge in [0.25, 0.3) is 11.7 Å². The third-order valence-electron chi connectivity index (χ3n) is 6.19. The Balaban J connectivity index is 1.74. The van der Waals surface area contributed by atoms with Gasteiger partial charge in [-0.25, -0.2) is 0 Å². The molecule has 0 saturated carbocycles. The van der Waals surface area contributed by atoms with Crippen LogP contribution >= 0.6 is 0 Å². The number of rotatable bonds is 11. The molecular formula is C31H32N2O5. The highest BCUT2D eigenvalue weighted by atomic mass is 16.5. The summed E-state index contributed by atoms with van der Waals surface area (Å²) in [5, 5.41) is 11.3. The van der Waals surface area contributed by atoms with Crippen molar-refractivity contribution in [1.82, 2.24) is 9.80 Å². The molecule has 1 aliphatic heterocycles. The Kier molecular flexibility index (Phi) is 8.61. The fourth-order valence-electron chi connectivity index (χ4n) is 4.41. The van der Waals surface area contributed by atoms with Gasteiger partial charge in [0.1, 0.15) is 29.6 Å². The number of carbonyl (C=O) groups is 2. The van der Waals surface area contributed by atoms with Crippen LogP contribution in [0, 0.1) is 0 Å². The molecule has 1 fully saturated rings. The Hall–Kier alpha value is -4.36. The number of hydrogen-bond donors (Lipinski definition) is 1. The molecule has 3 aromatic carbocycles. The Labute approximate surface area is 223 Å². The highest BCUT2D eigenvalue weighted by molar-refractivity contribution is 6.46. The molecule has 1 amide bonds. The maximum Gasteiger partial charge on any atom is 0.295 e. The molecular weight excluding hydrogens is 480 g/mol. The van der Waals surface area contributed by atoms with Gasteiger partial charge in [-0.3, -0.25) is 9.59 Å². The van der Waals surface area contributed by atoms with E-state index in [1.807, 2.05) is 73.6 Å². The van der Waals surface area contributed by atoms with E-state index in [0.717, 1.165) is 6.54 Å². The molecule has 196 valence electrons. The minimum absolute atomic E-state index is 0.0523. The molecule has 4 rings (SSSR count). The first-order valence-electron chi connectivity index (χ1n) is 12.5. The number of likely N-dealkylation sites (tertiary alicyclic amines) is 1. The fraction of sp³-hybridized carbons (Fsp3) is 0.226. The lowest BCUT2D eigenvalue weighted by Gasteiger charge is -2.26. The Morgan fingerprint density at radius 1 is 0.974 bits per heavy atom. The topological polar surface area (TPSA) is 79.3 Å². The summed E-state index contributed by atoms with van der Waals surface area (Å²) >= 11 is 0. The molecule has 0 spiro atoms. The van der Waals surface area contributed by atoms with Crippen LogP contribution in [0.15, 0.2) is 97.1 Å². The molecule has 7 nitrogen and oxygen atoms in total. The Morgan fingerprint density at radius 3 is 2.37 bits per heavy atom. The third-order valence-corrected chi connectivity index (χ3v) is 6.19. The average Bonchev–Trinajstić information content (AvgIpc) is 3.17. The van der Waals surface area contributed by atoms with Crippen LogP contribution in [0.5, 0.6) is 17.2 Å². The molecule has 7 heteroatoms. The summed E-state index contributed by atoms with van der Waals surface area (Å²) in [5.41, 5.74) is 1.15. The van der Waals surface area contributed by atoms with Crippen LogP contribution in [0.3, 0.4) is 0 Å². The Bertz CT molecular complexity index is 1320. The molecule has 1 heterocycles. The van der Waals surface area contributed by atoms with E-state index in [0.29, 0.717) is 47.9 Å². The molecule has 0 aliphatic carbocycles. The van der Waals surface area contributed by atoms with Crippen LogP contribution in [-0.2, 0) is 9.59 Å². The molecule has 1 saturated heterocycles. The maximum atomic E-state index is 13.3. The summed E-state index contributed by atoms with van der Waals surface area (Å²) in [5.74, 6) is 0.273. The van der Waals surface area contributed by atoms with Crippen LogP contribution in [0.4, 0.5) is 0 Å². The molecule has 1 aliphatic rings. The van der Waals surface area contributed by atoms with Crippen molar-refractivity contribution >= 4 is 17.4 Å². The van der Waals surface area contributed by atoms with E-state index in [1.54, 1.807) is 35.2 Å². The number of aliphatic hydroxyl groups excluding tert-OH is 1. The van der Waals surface area contributed by atoms with Crippen LogP contribution in [0.2, 0.25) is 0 Å². The first-order valence-corrected chi connectivity index (χ1v) is 12.5. The van der Waals surface area contributed by atoms with Gasteiger partial charge in [-0.15, -0.1) is 0 Å². The van der Waals surface area contributed by atoms with E-state index < -0.39 is 17.7 Å². The van der Waals surface area contributed by atoms with Crippen LogP contribution < -0.4 is 9.47 Å². The van der Waals surface area contributed by atoms with E-state index in [9.17, 15) is 14.7 Å². The lowest BCUT2D eigenvalue weighted by atomic mass is 9.95. The predicted octanol–water partition coefficient (Wildman–Crippen LogP) is 5.42. The number of ketones is 1. The van der Waals surface area contributed by atoms with Crippen molar-refractivity contribution < 1.29 is 24.2 Å². The predicted molar refractivity (Wildman–Crippen MR) is 147 cm³/mol. The van der Waals surface area contributed by atoms with Crippen molar-refractivity contribution in [2.45, 2.75) is 12.5 Å². The molecule has 1 atom stereocenters. The van der Waals surface area contributed by atoms with Crippen molar-refractivity contribution in [3.8, 4) is 17.2 Å². The molecule has 1 unspecified atom stereocenters. The van der Waals surface area contributed by atoms with Gasteiger partial charge in [0.05, 0.1) is 11.6 Å². The van der Waals surface area contributed by atoms with Crippen LogP contribution in [0.25, 0.3) is 5.76 Å². The zero-order valence-corrected chi connectivity index (χ0v) is 21.7. The van der Waals surface area contributed by atoms with Gasteiger partial charge in [0.15, 0.2) is 0 Å². The largest absolute Gasteiger partial charge is 0.507 e. The molecule has 38 heavy (non-hydrogen) atoms. The standard InChI is InChI=1S/C31H32N2O5/c1-4-20-37-24-16-14-22(15-17-24)29(34)27-28(33(31(36)30(27)35)19-9-18-32(2)3)23-10-8-13-26(21-23)38-25-11-6-5-7-12-25/h4-8,10-17,21,28,34H,1,9,18-20H2,2-3H3/b29-27+. The minimum atomic E-state index is -0.756. The third kappa shape index (κ3) is 6.12. The molecule has 3 aromatic rings. The highest BCUT2D eigenvalue weighted by Crippen LogP contribution is 2.40. The smallest absolute Gasteiger partial charge is 0.295 e. The summed E-state index contributed by atoms with van der Waals surface area (Å²) in [6.07, 6.45) is 2.31. The zero-order valence-electron chi connectivity index (χ0n) is 21.7. The van der Waals surface area contributed by atoms with Gasteiger partial charge in [0, 0.05) is 12.1 Å². The number of nitrogens with zero attached hydrogens (tertiary/aromatic N) is 2. The summed E-state index contributed by atoms with van der Waals surface area (Å²) in [7, 11) is 3.91. The second-order valence-corrected chi connectivity index (χ2v) is 9.26. The van der Waals surface area contributed by atoms with Crippen molar-refractivity contribution in [2.24, 2.45) is 0 Å². The number of para-hydroxylation sites is 1. The van der Waals surface area contributed by atoms with Gasteiger partial charge in [-0.05, 0) is 81.2 Å².